The minimum Gasteiger partial charge on any atom is -0.286 e. The van der Waals surface area contributed by atoms with Crippen molar-refractivity contribution in [3.8, 4) is 94.6 Å². The van der Waals surface area contributed by atoms with Crippen molar-refractivity contribution in [3.63, 3.8) is 0 Å². The van der Waals surface area contributed by atoms with E-state index < -0.39 is 0 Å². The van der Waals surface area contributed by atoms with Crippen molar-refractivity contribution < 1.29 is 4.79 Å². The molecule has 1 nitrogen and oxygen atoms in total. The van der Waals surface area contributed by atoms with Crippen LogP contribution < -0.4 is 0 Å². The zero-order chi connectivity index (χ0) is 16.3. The Hall–Kier alpha value is -3.50. The highest BCUT2D eigenvalue weighted by Crippen LogP contribution is 2.03. The lowest BCUT2D eigenvalue weighted by atomic mass is 10.4. The monoisotopic (exact) mass is 296 g/mol. The molecule has 0 aromatic carbocycles. The number of terminal acetylenes is 1. The van der Waals surface area contributed by atoms with Crippen molar-refractivity contribution in [2.24, 2.45) is 0 Å². The number of hydrogen-bond acceptors (Lipinski definition) is 2. The normalized spacial score (nSPS) is 5.45. The largest absolute Gasteiger partial charge is 0.286 e. The van der Waals surface area contributed by atoms with Gasteiger partial charge in [0.2, 0.25) is 5.12 Å². The second-order valence-electron chi connectivity index (χ2n) is 3.10. The average Bonchev–Trinajstić information content (AvgIpc) is 2.51. The van der Waals surface area contributed by atoms with Gasteiger partial charge in [0.1, 0.15) is 0 Å². The van der Waals surface area contributed by atoms with Crippen molar-refractivity contribution in [1.29, 1.82) is 0 Å². The highest BCUT2D eigenvalue weighted by molar-refractivity contribution is 8.17. The molecule has 0 aliphatic heterocycles. The molecule has 100 valence electrons. The molecule has 0 N–H and O–H groups in total. The summed E-state index contributed by atoms with van der Waals surface area (Å²) in [4.78, 5) is 11.1. The Kier molecular flexibility index (Phi) is 13.1. The third-order valence-electron chi connectivity index (χ3n) is 1.49. The highest BCUT2D eigenvalue weighted by atomic mass is 32.2. The maximum Gasteiger partial charge on any atom is 0.201 e. The smallest absolute Gasteiger partial charge is 0.201 e. The van der Waals surface area contributed by atoms with Crippen LogP contribution in [0.5, 0.6) is 0 Å². The van der Waals surface area contributed by atoms with Crippen LogP contribution in [0.3, 0.4) is 0 Å². The summed E-state index contributed by atoms with van der Waals surface area (Å²) in [6.45, 7) is 1.94. The Morgan fingerprint density at radius 1 is 0.773 bits per heavy atom. The molecular weight excluding hydrogens is 288 g/mol. The van der Waals surface area contributed by atoms with E-state index >= 15 is 0 Å². The number of carbonyl (C=O) groups is 1. The molecule has 0 spiro atoms. The first-order valence-electron chi connectivity index (χ1n) is 5.96. The predicted octanol–water partition coefficient (Wildman–Crippen LogP) is 1.66. The van der Waals surface area contributed by atoms with Crippen molar-refractivity contribution in [1.82, 2.24) is 0 Å². The first kappa shape index (κ1) is 18.5. The average molecular weight is 296 g/mol. The lowest BCUT2D eigenvalue weighted by molar-refractivity contribution is -0.110. The first-order chi connectivity index (χ1) is 10.8. The lowest BCUT2D eigenvalue weighted by Crippen LogP contribution is -1.85. The summed E-state index contributed by atoms with van der Waals surface area (Å²) in [6.07, 6.45) is 6.23. The number of thioether (sulfide) groups is 1. The fourth-order valence-electron chi connectivity index (χ4n) is 0.743. The molecule has 22 heavy (non-hydrogen) atoms. The zero-order valence-corrected chi connectivity index (χ0v) is 12.6. The van der Waals surface area contributed by atoms with Crippen LogP contribution in [0.2, 0.25) is 0 Å². The van der Waals surface area contributed by atoms with Gasteiger partial charge in [-0.1, -0.05) is 6.92 Å². The van der Waals surface area contributed by atoms with Crippen LogP contribution in [-0.4, -0.2) is 5.12 Å². The molecule has 0 heterocycles. The van der Waals surface area contributed by atoms with Gasteiger partial charge >= 0.3 is 0 Å². The minimum absolute atomic E-state index is 0.0423. The van der Waals surface area contributed by atoms with Crippen LogP contribution >= 0.6 is 11.8 Å². The van der Waals surface area contributed by atoms with Gasteiger partial charge in [0.05, 0.1) is 0 Å². The van der Waals surface area contributed by atoms with Crippen LogP contribution in [0.15, 0.2) is 0 Å². The van der Waals surface area contributed by atoms with E-state index in [1.807, 2.05) is 6.92 Å². The van der Waals surface area contributed by atoms with Gasteiger partial charge in [-0.05, 0) is 94.6 Å². The molecule has 0 aromatic heterocycles. The molecule has 0 radical (unpaired) electrons. The van der Waals surface area contributed by atoms with Gasteiger partial charge in [0, 0.05) is 18.2 Å². The van der Waals surface area contributed by atoms with E-state index in [9.17, 15) is 4.79 Å². The fourth-order valence-corrected chi connectivity index (χ4v) is 1.27. The molecule has 0 amide bonds. The van der Waals surface area contributed by atoms with E-state index in [4.69, 9.17) is 6.42 Å². The zero-order valence-electron chi connectivity index (χ0n) is 11.8. The summed E-state index contributed by atoms with van der Waals surface area (Å²) in [5.41, 5.74) is 0. The standard InChI is InChI=1S/C20H8OS/c1-3-5-6-7-8-9-10-11-12-13-14-15-16-17-19-22-20(21)18-4-2/h1H,4,18H2,2H3. The quantitative estimate of drug-likeness (QED) is 0.721. The summed E-state index contributed by atoms with van der Waals surface area (Å²) >= 11 is 0.955. The second kappa shape index (κ2) is 15.6. The van der Waals surface area contributed by atoms with E-state index in [2.05, 4.69) is 88.1 Å². The number of hydrogen-bond donors (Lipinski definition) is 0. The summed E-state index contributed by atoms with van der Waals surface area (Å²) in [7, 11) is 0. The van der Waals surface area contributed by atoms with Crippen molar-refractivity contribution >= 4 is 16.9 Å². The molecule has 0 saturated heterocycles. The van der Waals surface area contributed by atoms with Gasteiger partial charge in [-0.15, -0.1) is 6.42 Å². The summed E-state index contributed by atoms with van der Waals surface area (Å²) in [6, 6.07) is 0. The maximum absolute atomic E-state index is 11.1. The Bertz CT molecular complexity index is 879. The molecular formula is C20H8OS. The van der Waals surface area contributed by atoms with Gasteiger partial charge in [-0.25, -0.2) is 0 Å². The maximum atomic E-state index is 11.1. The van der Waals surface area contributed by atoms with Crippen LogP contribution in [-0.2, 0) is 4.79 Å². The number of carbonyl (C=O) groups excluding carboxylic acids is 1. The van der Waals surface area contributed by atoms with Gasteiger partial charge in [0.25, 0.3) is 0 Å². The van der Waals surface area contributed by atoms with E-state index in [0.29, 0.717) is 6.42 Å². The first-order valence-corrected chi connectivity index (χ1v) is 6.78. The fraction of sp³-hybridized carbons (Fsp3) is 0.150. The third kappa shape index (κ3) is 14.6. The number of rotatable bonds is 2. The van der Waals surface area contributed by atoms with Crippen molar-refractivity contribution in [2.45, 2.75) is 19.8 Å². The Labute approximate surface area is 136 Å². The summed E-state index contributed by atoms with van der Waals surface area (Å²) in [5.74, 6) is 34.1. The molecule has 0 unspecified atom stereocenters. The topological polar surface area (TPSA) is 17.1 Å². The lowest BCUT2D eigenvalue weighted by Gasteiger charge is -1.86. The minimum atomic E-state index is 0.0423. The molecule has 0 bridgehead atoms. The molecule has 0 aliphatic rings. The van der Waals surface area contributed by atoms with Gasteiger partial charge in [0.15, 0.2) is 0 Å². The summed E-state index contributed by atoms with van der Waals surface area (Å²) < 4.78 is 0. The third-order valence-corrected chi connectivity index (χ3v) is 2.13. The van der Waals surface area contributed by atoms with E-state index in [1.165, 1.54) is 0 Å². The molecule has 0 saturated carbocycles. The Morgan fingerprint density at radius 2 is 1.18 bits per heavy atom. The molecule has 0 atom stereocenters. The van der Waals surface area contributed by atoms with Crippen molar-refractivity contribution in [3.05, 3.63) is 0 Å². The van der Waals surface area contributed by atoms with E-state index in [1.54, 1.807) is 0 Å². The molecule has 2 heteroatoms. The summed E-state index contributed by atoms with van der Waals surface area (Å²) in [5, 5.41) is 2.63. The molecule has 0 rings (SSSR count). The van der Waals surface area contributed by atoms with Gasteiger partial charge < -0.3 is 0 Å². The Balaban J connectivity index is 4.24. The molecule has 0 aromatic rings. The predicted molar refractivity (Wildman–Crippen MR) is 90.8 cm³/mol. The molecule has 0 fully saturated rings. The van der Waals surface area contributed by atoms with E-state index in [0.717, 1.165) is 18.2 Å². The van der Waals surface area contributed by atoms with Crippen LogP contribution in [0.4, 0.5) is 0 Å². The van der Waals surface area contributed by atoms with Crippen molar-refractivity contribution in [2.75, 3.05) is 0 Å². The second-order valence-corrected chi connectivity index (χ2v) is 3.96. The van der Waals surface area contributed by atoms with Gasteiger partial charge in [-0.3, -0.25) is 4.79 Å². The highest BCUT2D eigenvalue weighted by Gasteiger charge is 1.95. The van der Waals surface area contributed by atoms with Gasteiger partial charge in [-0.2, -0.15) is 0 Å². The molecule has 0 aliphatic carbocycles. The van der Waals surface area contributed by atoms with Crippen LogP contribution in [0.25, 0.3) is 0 Å². The SMILES string of the molecule is C#CC#CC#CC#CC#CC#CC#CC#CSC(=O)CCC. The van der Waals surface area contributed by atoms with E-state index in [-0.39, 0.29) is 5.12 Å². The van der Waals surface area contributed by atoms with Crippen LogP contribution in [0, 0.1) is 94.6 Å². The van der Waals surface area contributed by atoms with Crippen LogP contribution in [0.1, 0.15) is 19.8 Å². The Morgan fingerprint density at radius 3 is 1.59 bits per heavy atom.